The minimum atomic E-state index is -4.39. The van der Waals surface area contributed by atoms with Crippen molar-refractivity contribution in [2.24, 2.45) is 5.73 Å². The second kappa shape index (κ2) is 79.7. The van der Waals surface area contributed by atoms with Crippen LogP contribution < -0.4 is 5.73 Å². The molecule has 0 aromatic heterocycles. The molecule has 552 valence electrons. The van der Waals surface area contributed by atoms with Crippen LogP contribution in [0.15, 0.2) is 60.8 Å². The third-order valence-electron chi connectivity index (χ3n) is 18.7. The first-order chi connectivity index (χ1) is 46.3. The van der Waals surface area contributed by atoms with Gasteiger partial charge in [0, 0.05) is 19.4 Å². The molecule has 0 aliphatic carbocycles. The number of allylic oxidation sites excluding steroid dienone is 10. The first-order valence-electron chi connectivity index (χ1n) is 41.3. The molecule has 2 atom stereocenters. The number of esters is 2. The fourth-order valence-electron chi connectivity index (χ4n) is 12.6. The molecule has 0 radical (unpaired) electrons. The van der Waals surface area contributed by atoms with Crippen molar-refractivity contribution >= 4 is 19.8 Å². The van der Waals surface area contributed by atoms with Crippen molar-refractivity contribution in [2.45, 2.75) is 437 Å². The van der Waals surface area contributed by atoms with Crippen molar-refractivity contribution in [3.8, 4) is 0 Å². The summed E-state index contributed by atoms with van der Waals surface area (Å²) < 4.78 is 33.3. The Morgan fingerprint density at radius 3 is 0.872 bits per heavy atom. The topological polar surface area (TPSA) is 134 Å². The molecule has 0 aliphatic rings. The van der Waals surface area contributed by atoms with Crippen molar-refractivity contribution in [2.75, 3.05) is 26.4 Å². The van der Waals surface area contributed by atoms with Crippen LogP contribution in [0.2, 0.25) is 0 Å². The number of hydrogen-bond donors (Lipinski definition) is 2. The summed E-state index contributed by atoms with van der Waals surface area (Å²) in [7, 11) is -4.39. The minimum Gasteiger partial charge on any atom is -0.462 e. The third kappa shape index (κ3) is 78.7. The van der Waals surface area contributed by atoms with Gasteiger partial charge in [0.1, 0.15) is 6.61 Å². The Bertz CT molecular complexity index is 1730. The number of rotatable bonds is 79. The fourth-order valence-corrected chi connectivity index (χ4v) is 13.4. The molecular weight excluding hydrogens is 1180 g/mol. The van der Waals surface area contributed by atoms with Gasteiger partial charge in [-0.05, 0) is 57.8 Å². The molecule has 0 bridgehead atoms. The van der Waals surface area contributed by atoms with Crippen LogP contribution in [0, 0.1) is 0 Å². The molecule has 0 spiro atoms. The van der Waals surface area contributed by atoms with E-state index in [9.17, 15) is 19.0 Å². The van der Waals surface area contributed by atoms with Gasteiger partial charge in [-0.25, -0.2) is 4.57 Å². The van der Waals surface area contributed by atoms with Crippen LogP contribution in [0.3, 0.4) is 0 Å². The van der Waals surface area contributed by atoms with Gasteiger partial charge in [-0.1, -0.05) is 421 Å². The van der Waals surface area contributed by atoms with Crippen LogP contribution >= 0.6 is 7.82 Å². The Balaban J connectivity index is 3.73. The number of phosphoric ester groups is 1. The standard InChI is InChI=1S/C84H158NO8P/c1-3-5-7-9-11-13-15-17-19-21-23-25-27-29-31-33-35-37-38-39-40-41-42-43-44-45-47-49-51-53-55-57-59-61-63-65-67-69-71-73-75-77-84(87)93-82(81-92-94(88,89)91-79-78-85)80-90-83(86)76-74-72-70-68-66-64-62-60-58-56-54-52-50-48-46-36-34-32-30-28-26-24-22-20-18-16-14-12-10-8-6-4-2/h5,7,11,13,17,19,23,25,29,31,82H,3-4,6,8-10,12,14-16,18,20-22,24,26-28,30,32-81,85H2,1-2H3,(H,88,89)/b7-5-,13-11-,19-17-,25-23-,31-29-. The van der Waals surface area contributed by atoms with Gasteiger partial charge in [-0.3, -0.25) is 18.6 Å². The normalized spacial score (nSPS) is 13.1. The molecule has 2 unspecified atom stereocenters. The summed E-state index contributed by atoms with van der Waals surface area (Å²) >= 11 is 0. The van der Waals surface area contributed by atoms with E-state index in [1.54, 1.807) is 0 Å². The van der Waals surface area contributed by atoms with Gasteiger partial charge < -0.3 is 20.1 Å². The molecule has 10 heteroatoms. The van der Waals surface area contributed by atoms with Gasteiger partial charge in [0.15, 0.2) is 6.10 Å². The van der Waals surface area contributed by atoms with Crippen LogP contribution in [0.25, 0.3) is 0 Å². The van der Waals surface area contributed by atoms with Crippen LogP contribution in [-0.2, 0) is 32.7 Å². The van der Waals surface area contributed by atoms with E-state index < -0.39 is 26.5 Å². The summed E-state index contributed by atoms with van der Waals surface area (Å²) in [4.78, 5) is 35.5. The predicted octanol–water partition coefficient (Wildman–Crippen LogP) is 27.7. The predicted molar refractivity (Wildman–Crippen MR) is 409 cm³/mol. The average Bonchev–Trinajstić information content (AvgIpc) is 3.59. The minimum absolute atomic E-state index is 0.0563. The van der Waals surface area contributed by atoms with Crippen molar-refractivity contribution < 1.29 is 37.6 Å². The maximum atomic E-state index is 12.8. The highest BCUT2D eigenvalue weighted by molar-refractivity contribution is 7.47. The molecule has 0 aromatic rings. The second-order valence-corrected chi connectivity index (χ2v) is 29.4. The van der Waals surface area contributed by atoms with Crippen LogP contribution in [-0.4, -0.2) is 49.3 Å². The third-order valence-corrected chi connectivity index (χ3v) is 19.7. The van der Waals surface area contributed by atoms with E-state index >= 15 is 0 Å². The van der Waals surface area contributed by atoms with E-state index in [1.165, 1.54) is 334 Å². The number of phosphoric acid groups is 1. The van der Waals surface area contributed by atoms with Crippen LogP contribution in [0.1, 0.15) is 431 Å². The first-order valence-corrected chi connectivity index (χ1v) is 42.8. The quantitative estimate of drug-likeness (QED) is 0.0264. The zero-order chi connectivity index (χ0) is 67.9. The highest BCUT2D eigenvalue weighted by atomic mass is 31.2. The van der Waals surface area contributed by atoms with Crippen LogP contribution in [0.4, 0.5) is 0 Å². The molecule has 0 amide bonds. The van der Waals surface area contributed by atoms with Crippen molar-refractivity contribution in [3.05, 3.63) is 60.8 Å². The molecule has 3 N–H and O–H groups in total. The summed E-state index contributed by atoms with van der Waals surface area (Å²) in [5.41, 5.74) is 5.42. The van der Waals surface area contributed by atoms with Crippen molar-refractivity contribution in [1.82, 2.24) is 0 Å². The number of carbonyl (C=O) groups is 2. The summed E-state index contributed by atoms with van der Waals surface area (Å²) in [6.07, 6.45) is 105. The Hall–Kier alpha value is -2.29. The number of hydrogen-bond acceptors (Lipinski definition) is 8. The summed E-state index contributed by atoms with van der Waals surface area (Å²) in [5, 5.41) is 0. The molecule has 0 rings (SSSR count). The molecule has 9 nitrogen and oxygen atoms in total. The highest BCUT2D eigenvalue weighted by Crippen LogP contribution is 2.43. The zero-order valence-electron chi connectivity index (χ0n) is 62.5. The van der Waals surface area contributed by atoms with Crippen molar-refractivity contribution in [3.63, 3.8) is 0 Å². The molecule has 94 heavy (non-hydrogen) atoms. The lowest BCUT2D eigenvalue weighted by Gasteiger charge is -2.19. The number of ether oxygens (including phenoxy) is 2. The Kier molecular flexibility index (Phi) is 77.8. The van der Waals surface area contributed by atoms with Gasteiger partial charge >= 0.3 is 19.8 Å². The lowest BCUT2D eigenvalue weighted by Crippen LogP contribution is -2.29. The van der Waals surface area contributed by atoms with E-state index in [4.69, 9.17) is 24.3 Å². The fraction of sp³-hybridized carbons (Fsp3) is 0.857. The summed E-state index contributed by atoms with van der Waals surface area (Å²) in [5.74, 6) is -0.800. The molecule has 0 saturated heterocycles. The van der Waals surface area contributed by atoms with E-state index in [1.807, 2.05) is 0 Å². The van der Waals surface area contributed by atoms with E-state index in [-0.39, 0.29) is 38.6 Å². The maximum Gasteiger partial charge on any atom is 0.472 e. The Morgan fingerprint density at radius 1 is 0.330 bits per heavy atom. The van der Waals surface area contributed by atoms with Crippen molar-refractivity contribution in [1.29, 1.82) is 0 Å². The largest absolute Gasteiger partial charge is 0.472 e. The number of nitrogens with two attached hydrogens (primary N) is 1. The smallest absolute Gasteiger partial charge is 0.462 e. The molecule has 0 fully saturated rings. The number of unbranched alkanes of at least 4 members (excludes halogenated alkanes) is 56. The molecule has 0 saturated carbocycles. The molecule has 0 aromatic carbocycles. The van der Waals surface area contributed by atoms with Gasteiger partial charge in [0.05, 0.1) is 13.2 Å². The monoisotopic (exact) mass is 1340 g/mol. The highest BCUT2D eigenvalue weighted by Gasteiger charge is 2.26. The van der Waals surface area contributed by atoms with Gasteiger partial charge in [0.2, 0.25) is 0 Å². The summed E-state index contributed by atoms with van der Waals surface area (Å²) in [6, 6.07) is 0. The van der Waals surface area contributed by atoms with E-state index in [0.717, 1.165) is 64.2 Å². The molecular formula is C84H158NO8P. The first kappa shape index (κ1) is 91.7. The van der Waals surface area contributed by atoms with Gasteiger partial charge in [-0.2, -0.15) is 0 Å². The SMILES string of the molecule is CC/C=C\C/C=C\C/C=C\C/C=C\C/C=C\CCCCCCCCCCCCCCCCCCCCCCCCCCCC(=O)OC(COC(=O)CCCCCCCCCCCCCCCCCCCCCCCCCCCCCCCCCC)COP(=O)(O)OCCN. The van der Waals surface area contributed by atoms with Crippen LogP contribution in [0.5, 0.6) is 0 Å². The average molecular weight is 1340 g/mol. The molecule has 0 aliphatic heterocycles. The lowest BCUT2D eigenvalue weighted by molar-refractivity contribution is -0.161. The number of carbonyl (C=O) groups excluding carboxylic acids is 2. The van der Waals surface area contributed by atoms with E-state index in [0.29, 0.717) is 6.42 Å². The van der Waals surface area contributed by atoms with Gasteiger partial charge in [0.25, 0.3) is 0 Å². The molecule has 0 heterocycles. The summed E-state index contributed by atoms with van der Waals surface area (Å²) in [6.45, 7) is 3.72. The Morgan fingerprint density at radius 2 is 0.585 bits per heavy atom. The van der Waals surface area contributed by atoms with Gasteiger partial charge in [-0.15, -0.1) is 0 Å². The Labute approximate surface area is 584 Å². The van der Waals surface area contributed by atoms with E-state index in [2.05, 4.69) is 74.6 Å². The zero-order valence-corrected chi connectivity index (χ0v) is 63.4. The lowest BCUT2D eigenvalue weighted by atomic mass is 10.0. The second-order valence-electron chi connectivity index (χ2n) is 28.0. The maximum absolute atomic E-state index is 12.8.